The maximum Gasteiger partial charge on any atom is 0.433 e. The lowest BCUT2D eigenvalue weighted by molar-refractivity contribution is -0.145. The molecule has 2 unspecified atom stereocenters. The van der Waals surface area contributed by atoms with Crippen LogP contribution in [-0.4, -0.2) is 43.6 Å². The number of aromatic nitrogens is 2. The highest BCUT2D eigenvalue weighted by molar-refractivity contribution is 5.95. The first-order chi connectivity index (χ1) is 14.1. The first kappa shape index (κ1) is 20.3. The SMILES string of the molecule is O=C(N[C@H]1C2CC3CC1C[C@](O)(C3)C2)c1cnn([C@H]2CC[C@@H](O)CC2)c1C(F)(F)F. The molecule has 1 amide bonds. The minimum absolute atomic E-state index is 0.120. The largest absolute Gasteiger partial charge is 0.433 e. The van der Waals surface area contributed by atoms with E-state index >= 15 is 0 Å². The van der Waals surface area contributed by atoms with E-state index in [1.165, 1.54) is 0 Å². The van der Waals surface area contributed by atoms with E-state index in [9.17, 15) is 28.2 Å². The van der Waals surface area contributed by atoms with Gasteiger partial charge in [-0.25, -0.2) is 0 Å². The van der Waals surface area contributed by atoms with Crippen molar-refractivity contribution in [3.05, 3.63) is 17.5 Å². The fourth-order valence-corrected chi connectivity index (χ4v) is 6.84. The molecule has 5 aliphatic rings. The van der Waals surface area contributed by atoms with Crippen LogP contribution < -0.4 is 5.32 Å². The summed E-state index contributed by atoms with van der Waals surface area (Å²) in [4.78, 5) is 13.0. The van der Waals surface area contributed by atoms with Gasteiger partial charge >= 0.3 is 6.18 Å². The van der Waals surface area contributed by atoms with Crippen LogP contribution in [0.5, 0.6) is 0 Å². The Labute approximate surface area is 172 Å². The topological polar surface area (TPSA) is 87.4 Å². The Morgan fingerprint density at radius 1 is 1.13 bits per heavy atom. The minimum atomic E-state index is -4.70. The van der Waals surface area contributed by atoms with Crippen LogP contribution in [0.25, 0.3) is 0 Å². The molecular formula is C21H28F3N3O3. The number of aliphatic hydroxyl groups excluding tert-OH is 1. The number of aliphatic hydroxyl groups is 2. The van der Waals surface area contributed by atoms with Gasteiger partial charge in [-0.05, 0) is 75.5 Å². The summed E-state index contributed by atoms with van der Waals surface area (Å²) in [6.45, 7) is 0. The first-order valence-electron chi connectivity index (χ1n) is 11.0. The molecule has 2 atom stereocenters. The van der Waals surface area contributed by atoms with Crippen molar-refractivity contribution in [3.63, 3.8) is 0 Å². The number of alkyl halides is 3. The number of amides is 1. The molecule has 0 aromatic carbocycles. The van der Waals surface area contributed by atoms with Crippen LogP contribution in [0.3, 0.4) is 0 Å². The molecule has 6 nitrogen and oxygen atoms in total. The van der Waals surface area contributed by atoms with Crippen molar-refractivity contribution in [2.45, 2.75) is 87.8 Å². The maximum atomic E-state index is 13.9. The average molecular weight is 427 g/mol. The number of carbonyl (C=O) groups excluding carboxylic acids is 1. The Kier molecular flexibility index (Phi) is 4.70. The predicted octanol–water partition coefficient (Wildman–Crippen LogP) is 3.05. The molecule has 5 fully saturated rings. The normalized spacial score (nSPS) is 40.6. The molecule has 0 saturated heterocycles. The Bertz CT molecular complexity index is 815. The number of nitrogens with one attached hydrogen (secondary N) is 1. The molecule has 166 valence electrons. The monoisotopic (exact) mass is 427 g/mol. The Hall–Kier alpha value is -1.61. The molecule has 0 radical (unpaired) electrons. The van der Waals surface area contributed by atoms with Crippen molar-refractivity contribution in [3.8, 4) is 0 Å². The molecule has 1 heterocycles. The summed E-state index contributed by atoms with van der Waals surface area (Å²) < 4.78 is 42.7. The quantitative estimate of drug-likeness (QED) is 0.692. The van der Waals surface area contributed by atoms with Gasteiger partial charge in [-0.15, -0.1) is 0 Å². The molecule has 30 heavy (non-hydrogen) atoms. The summed E-state index contributed by atoms with van der Waals surface area (Å²) in [5.41, 5.74) is -2.09. The second-order valence-electron chi connectivity index (χ2n) is 10.0. The van der Waals surface area contributed by atoms with E-state index in [0.717, 1.165) is 30.1 Å². The smallest absolute Gasteiger partial charge is 0.393 e. The highest BCUT2D eigenvalue weighted by Gasteiger charge is 2.55. The standard InChI is InChI=1S/C21H28F3N3O3/c22-21(23,24)18-16(10-25-27(18)14-1-3-15(28)4-2-14)19(29)26-17-12-5-11-6-13(17)9-20(30,7-11)8-12/h10-15,17,28,30H,1-9H2,(H,26,29)/t11?,12?,13?,14-,15+,17-,20-. The van der Waals surface area contributed by atoms with Crippen LogP contribution in [0, 0.1) is 17.8 Å². The molecular weight excluding hydrogens is 399 g/mol. The van der Waals surface area contributed by atoms with Gasteiger partial charge < -0.3 is 15.5 Å². The van der Waals surface area contributed by atoms with Gasteiger partial charge in [-0.3, -0.25) is 9.48 Å². The molecule has 1 aromatic heterocycles. The molecule has 0 aliphatic heterocycles. The van der Waals surface area contributed by atoms with Gasteiger partial charge in [0, 0.05) is 6.04 Å². The Balaban J connectivity index is 1.38. The second kappa shape index (κ2) is 6.95. The summed E-state index contributed by atoms with van der Waals surface area (Å²) in [6, 6.07) is -0.661. The zero-order valence-corrected chi connectivity index (χ0v) is 16.7. The van der Waals surface area contributed by atoms with Crippen molar-refractivity contribution >= 4 is 5.91 Å². The number of halogens is 3. The number of hydrogen-bond donors (Lipinski definition) is 3. The van der Waals surface area contributed by atoms with Gasteiger partial charge in [0.25, 0.3) is 5.91 Å². The van der Waals surface area contributed by atoms with Gasteiger partial charge in [0.15, 0.2) is 5.69 Å². The lowest BCUT2D eigenvalue weighted by Crippen LogP contribution is -2.61. The number of carbonyl (C=O) groups is 1. The van der Waals surface area contributed by atoms with Crippen LogP contribution in [0.4, 0.5) is 13.2 Å². The number of rotatable bonds is 3. The lowest BCUT2D eigenvalue weighted by Gasteiger charge is -2.58. The van der Waals surface area contributed by atoms with Gasteiger partial charge in [-0.2, -0.15) is 18.3 Å². The van der Waals surface area contributed by atoms with Gasteiger partial charge in [0.1, 0.15) is 0 Å². The fourth-order valence-electron chi connectivity index (χ4n) is 6.84. The van der Waals surface area contributed by atoms with Gasteiger partial charge in [-0.1, -0.05) is 0 Å². The summed E-state index contributed by atoms with van der Waals surface area (Å²) in [5, 5.41) is 27.2. The number of nitrogens with zero attached hydrogens (tertiary/aromatic N) is 2. The molecule has 3 N–H and O–H groups in total. The summed E-state index contributed by atoms with van der Waals surface area (Å²) in [6.07, 6.45) is 1.38. The molecule has 6 rings (SSSR count). The summed E-state index contributed by atoms with van der Waals surface area (Å²) >= 11 is 0. The molecule has 0 spiro atoms. The van der Waals surface area contributed by atoms with E-state index in [4.69, 9.17) is 0 Å². The van der Waals surface area contributed by atoms with E-state index in [-0.39, 0.29) is 17.9 Å². The van der Waals surface area contributed by atoms with Crippen LogP contribution in [0.1, 0.15) is 79.9 Å². The highest BCUT2D eigenvalue weighted by Crippen LogP contribution is 2.55. The van der Waals surface area contributed by atoms with Gasteiger partial charge in [0.05, 0.1) is 29.5 Å². The van der Waals surface area contributed by atoms with E-state index < -0.39 is 41.1 Å². The van der Waals surface area contributed by atoms with Gasteiger partial charge in [0.2, 0.25) is 0 Å². The molecule has 5 aliphatic carbocycles. The molecule has 4 bridgehead atoms. The van der Waals surface area contributed by atoms with Crippen molar-refractivity contribution in [1.29, 1.82) is 0 Å². The van der Waals surface area contributed by atoms with E-state index in [1.807, 2.05) is 0 Å². The fraction of sp³-hybridized carbons (Fsp3) is 0.810. The van der Waals surface area contributed by atoms with E-state index in [1.54, 1.807) is 0 Å². The van der Waals surface area contributed by atoms with Crippen LogP contribution in [0.15, 0.2) is 6.20 Å². The summed E-state index contributed by atoms with van der Waals surface area (Å²) in [7, 11) is 0. The Morgan fingerprint density at radius 3 is 2.33 bits per heavy atom. The zero-order chi connectivity index (χ0) is 21.3. The zero-order valence-electron chi connectivity index (χ0n) is 16.7. The summed E-state index contributed by atoms with van der Waals surface area (Å²) in [5.74, 6) is -0.0338. The van der Waals surface area contributed by atoms with E-state index in [0.29, 0.717) is 44.4 Å². The molecule has 5 saturated carbocycles. The van der Waals surface area contributed by atoms with Crippen molar-refractivity contribution < 1.29 is 28.2 Å². The third kappa shape index (κ3) is 3.43. The van der Waals surface area contributed by atoms with Crippen molar-refractivity contribution in [1.82, 2.24) is 15.1 Å². The van der Waals surface area contributed by atoms with Crippen LogP contribution >= 0.6 is 0 Å². The highest BCUT2D eigenvalue weighted by atomic mass is 19.4. The van der Waals surface area contributed by atoms with Crippen molar-refractivity contribution in [2.75, 3.05) is 0 Å². The van der Waals surface area contributed by atoms with Crippen LogP contribution in [-0.2, 0) is 6.18 Å². The van der Waals surface area contributed by atoms with Crippen LogP contribution in [0.2, 0.25) is 0 Å². The Morgan fingerprint density at radius 2 is 1.77 bits per heavy atom. The third-order valence-corrected chi connectivity index (χ3v) is 7.86. The third-order valence-electron chi connectivity index (χ3n) is 7.86. The molecule has 9 heteroatoms. The minimum Gasteiger partial charge on any atom is -0.393 e. The van der Waals surface area contributed by atoms with Crippen molar-refractivity contribution in [2.24, 2.45) is 17.8 Å². The predicted molar refractivity (Wildman–Crippen MR) is 100 cm³/mol. The number of hydrogen-bond acceptors (Lipinski definition) is 4. The molecule has 1 aromatic rings. The maximum absolute atomic E-state index is 13.9. The lowest BCUT2D eigenvalue weighted by atomic mass is 9.52. The van der Waals surface area contributed by atoms with E-state index in [2.05, 4.69) is 10.4 Å². The second-order valence-corrected chi connectivity index (χ2v) is 10.0. The first-order valence-corrected chi connectivity index (χ1v) is 11.0. The average Bonchev–Trinajstić information content (AvgIpc) is 3.09.